The highest BCUT2D eigenvalue weighted by Gasteiger charge is 2.21. The Balaban J connectivity index is 2.05. The fourth-order valence-corrected chi connectivity index (χ4v) is 1.89. The van der Waals surface area contributed by atoms with Crippen molar-refractivity contribution >= 4 is 5.91 Å². The summed E-state index contributed by atoms with van der Waals surface area (Å²) in [4.78, 5) is 13.8. The maximum atomic E-state index is 12.2. The zero-order valence-electron chi connectivity index (χ0n) is 11.3. The molecule has 0 bridgehead atoms. The molecular weight excluding hydrogens is 244 g/mol. The van der Waals surface area contributed by atoms with Crippen molar-refractivity contribution in [3.63, 3.8) is 0 Å². The first kappa shape index (κ1) is 13.4. The number of furan rings is 1. The van der Waals surface area contributed by atoms with Crippen molar-refractivity contribution in [2.75, 3.05) is 7.05 Å². The predicted molar refractivity (Wildman–Crippen MR) is 70.1 cm³/mol. The average molecular weight is 262 g/mol. The Bertz CT molecular complexity index is 573. The van der Waals surface area contributed by atoms with Gasteiger partial charge in [0, 0.05) is 38.0 Å². The number of nitrogens with two attached hydrogens (primary N) is 1. The van der Waals surface area contributed by atoms with Crippen LogP contribution < -0.4 is 5.73 Å². The molecule has 0 saturated heterocycles. The standard InChI is InChI=1S/C13H18N4O2/c1-9-10(4-5-19-9)7-16(2)13(18)12(14)11-6-15-17(3)8-11/h4-6,8,12H,7,14H2,1-3H3. The van der Waals surface area contributed by atoms with E-state index in [2.05, 4.69) is 5.10 Å². The van der Waals surface area contributed by atoms with Gasteiger partial charge in [0.2, 0.25) is 5.91 Å². The lowest BCUT2D eigenvalue weighted by Crippen LogP contribution is -2.35. The molecule has 0 aliphatic rings. The summed E-state index contributed by atoms with van der Waals surface area (Å²) in [7, 11) is 3.52. The maximum absolute atomic E-state index is 12.2. The third-order valence-corrected chi connectivity index (χ3v) is 3.10. The van der Waals surface area contributed by atoms with Crippen molar-refractivity contribution in [2.24, 2.45) is 12.8 Å². The zero-order chi connectivity index (χ0) is 14.0. The molecule has 6 nitrogen and oxygen atoms in total. The van der Waals surface area contributed by atoms with Gasteiger partial charge in [-0.1, -0.05) is 0 Å². The molecule has 0 saturated carbocycles. The van der Waals surface area contributed by atoms with Crippen LogP contribution in [0.4, 0.5) is 0 Å². The van der Waals surface area contributed by atoms with Crippen molar-refractivity contribution < 1.29 is 9.21 Å². The van der Waals surface area contributed by atoms with E-state index < -0.39 is 6.04 Å². The molecule has 0 aromatic carbocycles. The predicted octanol–water partition coefficient (Wildman–Crippen LogP) is 0.980. The SMILES string of the molecule is Cc1occc1CN(C)C(=O)C(N)c1cnn(C)c1. The number of likely N-dealkylation sites (N-methyl/N-ethyl adjacent to an activating group) is 1. The first-order chi connectivity index (χ1) is 8.99. The molecular formula is C13H18N4O2. The van der Waals surface area contributed by atoms with Crippen molar-refractivity contribution in [3.05, 3.63) is 41.6 Å². The van der Waals surface area contributed by atoms with Crippen molar-refractivity contribution in [1.29, 1.82) is 0 Å². The third kappa shape index (κ3) is 2.85. The summed E-state index contributed by atoms with van der Waals surface area (Å²) in [6, 6.07) is 1.17. The molecule has 0 fully saturated rings. The molecule has 0 aliphatic heterocycles. The van der Waals surface area contributed by atoms with Crippen molar-refractivity contribution in [2.45, 2.75) is 19.5 Å². The number of carbonyl (C=O) groups excluding carboxylic acids is 1. The molecule has 102 valence electrons. The molecule has 2 heterocycles. The van der Waals surface area contributed by atoms with E-state index in [0.29, 0.717) is 12.1 Å². The van der Waals surface area contributed by atoms with Gasteiger partial charge in [0.15, 0.2) is 0 Å². The number of aryl methyl sites for hydroxylation is 2. The Morgan fingerprint density at radius 2 is 2.37 bits per heavy atom. The molecule has 19 heavy (non-hydrogen) atoms. The Hall–Kier alpha value is -2.08. The van der Waals surface area contributed by atoms with Crippen LogP contribution in [-0.2, 0) is 18.4 Å². The maximum Gasteiger partial charge on any atom is 0.244 e. The Kier molecular flexibility index (Phi) is 3.71. The summed E-state index contributed by atoms with van der Waals surface area (Å²) in [5.74, 6) is 0.670. The number of rotatable bonds is 4. The highest BCUT2D eigenvalue weighted by molar-refractivity contribution is 5.82. The first-order valence-corrected chi connectivity index (χ1v) is 6.01. The lowest BCUT2D eigenvalue weighted by atomic mass is 10.1. The molecule has 2 aromatic rings. The number of aromatic nitrogens is 2. The molecule has 2 aromatic heterocycles. The number of carbonyl (C=O) groups is 1. The second kappa shape index (κ2) is 5.27. The zero-order valence-corrected chi connectivity index (χ0v) is 11.3. The molecule has 1 unspecified atom stereocenters. The van der Waals surface area contributed by atoms with Crippen LogP contribution in [0.3, 0.4) is 0 Å². The Labute approximate surface area is 111 Å². The molecule has 0 aliphatic carbocycles. The minimum atomic E-state index is -0.689. The molecule has 0 spiro atoms. The van der Waals surface area contributed by atoms with Crippen molar-refractivity contribution in [1.82, 2.24) is 14.7 Å². The highest BCUT2D eigenvalue weighted by atomic mass is 16.3. The first-order valence-electron chi connectivity index (χ1n) is 6.01. The van der Waals surface area contributed by atoms with Gasteiger partial charge < -0.3 is 15.1 Å². The number of hydrogen-bond acceptors (Lipinski definition) is 4. The van der Waals surface area contributed by atoms with Gasteiger partial charge in [-0.3, -0.25) is 9.48 Å². The van der Waals surface area contributed by atoms with Gasteiger partial charge >= 0.3 is 0 Å². The van der Waals surface area contributed by atoms with E-state index in [4.69, 9.17) is 10.2 Å². The van der Waals surface area contributed by atoms with E-state index in [9.17, 15) is 4.79 Å². The normalized spacial score (nSPS) is 12.4. The van der Waals surface area contributed by atoms with Crippen LogP contribution in [0.2, 0.25) is 0 Å². The van der Waals surface area contributed by atoms with Crippen LogP contribution in [0, 0.1) is 6.92 Å². The molecule has 1 amide bonds. The van der Waals surface area contributed by atoms with Crippen LogP contribution in [0.15, 0.2) is 29.1 Å². The van der Waals surface area contributed by atoms with E-state index >= 15 is 0 Å². The highest BCUT2D eigenvalue weighted by Crippen LogP contribution is 2.15. The van der Waals surface area contributed by atoms with Gasteiger partial charge in [-0.15, -0.1) is 0 Å². The van der Waals surface area contributed by atoms with Crippen molar-refractivity contribution in [3.8, 4) is 0 Å². The summed E-state index contributed by atoms with van der Waals surface area (Å²) >= 11 is 0. The van der Waals surface area contributed by atoms with Crippen LogP contribution >= 0.6 is 0 Å². The van der Waals surface area contributed by atoms with Crippen LogP contribution in [0.25, 0.3) is 0 Å². The second-order valence-electron chi connectivity index (χ2n) is 4.62. The van der Waals surface area contributed by atoms with E-state index in [0.717, 1.165) is 11.3 Å². The smallest absolute Gasteiger partial charge is 0.244 e. The topological polar surface area (TPSA) is 77.3 Å². The molecule has 0 radical (unpaired) electrons. The van der Waals surface area contributed by atoms with Gasteiger partial charge in [-0.05, 0) is 13.0 Å². The van der Waals surface area contributed by atoms with E-state index in [1.807, 2.05) is 13.0 Å². The largest absolute Gasteiger partial charge is 0.469 e. The lowest BCUT2D eigenvalue weighted by Gasteiger charge is -2.20. The van der Waals surface area contributed by atoms with Gasteiger partial charge in [0.25, 0.3) is 0 Å². The minimum absolute atomic E-state index is 0.145. The molecule has 6 heteroatoms. The minimum Gasteiger partial charge on any atom is -0.469 e. The number of nitrogens with zero attached hydrogens (tertiary/aromatic N) is 3. The van der Waals surface area contributed by atoms with Crippen LogP contribution in [-0.4, -0.2) is 27.6 Å². The van der Waals surface area contributed by atoms with E-state index in [1.54, 1.807) is 42.3 Å². The average Bonchev–Trinajstić information content (AvgIpc) is 2.97. The quantitative estimate of drug-likeness (QED) is 0.891. The molecule has 2 rings (SSSR count). The summed E-state index contributed by atoms with van der Waals surface area (Å²) in [6.07, 6.45) is 4.98. The lowest BCUT2D eigenvalue weighted by molar-refractivity contribution is -0.132. The Morgan fingerprint density at radius 1 is 1.63 bits per heavy atom. The Morgan fingerprint density at radius 3 is 2.89 bits per heavy atom. The van der Waals surface area contributed by atoms with Gasteiger partial charge in [0.1, 0.15) is 11.8 Å². The van der Waals surface area contributed by atoms with E-state index in [1.165, 1.54) is 0 Å². The van der Waals surface area contributed by atoms with Gasteiger partial charge in [0.05, 0.1) is 12.5 Å². The summed E-state index contributed by atoms with van der Waals surface area (Å²) in [6.45, 7) is 2.35. The van der Waals surface area contributed by atoms with Crippen LogP contribution in [0.5, 0.6) is 0 Å². The summed E-state index contributed by atoms with van der Waals surface area (Å²) in [5.41, 5.74) is 7.64. The van der Waals surface area contributed by atoms with Gasteiger partial charge in [-0.2, -0.15) is 5.10 Å². The fourth-order valence-electron chi connectivity index (χ4n) is 1.89. The molecule has 2 N–H and O–H groups in total. The summed E-state index contributed by atoms with van der Waals surface area (Å²) in [5, 5.41) is 4.02. The van der Waals surface area contributed by atoms with Crippen LogP contribution in [0.1, 0.15) is 22.9 Å². The van der Waals surface area contributed by atoms with E-state index in [-0.39, 0.29) is 5.91 Å². The second-order valence-corrected chi connectivity index (χ2v) is 4.62. The molecule has 1 atom stereocenters. The monoisotopic (exact) mass is 262 g/mol. The number of hydrogen-bond donors (Lipinski definition) is 1. The fraction of sp³-hybridized carbons (Fsp3) is 0.385. The van der Waals surface area contributed by atoms with Gasteiger partial charge in [-0.25, -0.2) is 0 Å². The third-order valence-electron chi connectivity index (χ3n) is 3.10. The number of amides is 1. The summed E-state index contributed by atoms with van der Waals surface area (Å²) < 4.78 is 6.84.